The van der Waals surface area contributed by atoms with Crippen molar-refractivity contribution in [3.63, 3.8) is 0 Å². The summed E-state index contributed by atoms with van der Waals surface area (Å²) in [4.78, 5) is 26.6. The van der Waals surface area contributed by atoms with Crippen LogP contribution in [0.2, 0.25) is 0 Å². The Labute approximate surface area is 180 Å². The van der Waals surface area contributed by atoms with Crippen molar-refractivity contribution in [3.8, 4) is 5.75 Å². The van der Waals surface area contributed by atoms with Crippen LogP contribution in [0.15, 0.2) is 54.6 Å². The SMILES string of the molecule is CCCCCCOc1ccc(C(=O)N(CCC(=O)OCC)Cc2ccccc2)cc1. The zero-order chi connectivity index (χ0) is 21.6. The number of benzene rings is 2. The van der Waals surface area contributed by atoms with Crippen LogP contribution < -0.4 is 4.74 Å². The summed E-state index contributed by atoms with van der Waals surface area (Å²) in [6.45, 7) is 5.73. The topological polar surface area (TPSA) is 55.8 Å². The van der Waals surface area contributed by atoms with Crippen molar-refractivity contribution in [2.24, 2.45) is 0 Å². The van der Waals surface area contributed by atoms with E-state index in [1.165, 1.54) is 19.3 Å². The first-order valence-corrected chi connectivity index (χ1v) is 10.9. The Bertz CT molecular complexity index is 758. The molecule has 0 unspecified atom stereocenters. The third-order valence-corrected chi connectivity index (χ3v) is 4.76. The molecule has 5 nitrogen and oxygen atoms in total. The van der Waals surface area contributed by atoms with Crippen LogP contribution in [0.1, 0.15) is 61.9 Å². The van der Waals surface area contributed by atoms with Crippen molar-refractivity contribution < 1.29 is 19.1 Å². The Hall–Kier alpha value is -2.82. The number of hydrogen-bond acceptors (Lipinski definition) is 4. The molecule has 0 bridgehead atoms. The molecule has 0 aromatic heterocycles. The van der Waals surface area contributed by atoms with Gasteiger partial charge in [0.2, 0.25) is 0 Å². The van der Waals surface area contributed by atoms with Gasteiger partial charge in [-0.25, -0.2) is 0 Å². The fourth-order valence-electron chi connectivity index (χ4n) is 3.11. The standard InChI is InChI=1S/C25H33NO4/c1-3-5-6-10-19-30-23-15-13-22(14-16-23)25(28)26(18-17-24(27)29-4-2)20-21-11-8-7-9-12-21/h7-9,11-16H,3-6,10,17-20H2,1-2H3. The predicted molar refractivity (Wildman–Crippen MR) is 119 cm³/mol. The number of carbonyl (C=O) groups excluding carboxylic acids is 2. The molecule has 0 saturated heterocycles. The van der Waals surface area contributed by atoms with Crippen molar-refractivity contribution in [3.05, 3.63) is 65.7 Å². The minimum Gasteiger partial charge on any atom is -0.494 e. The first-order chi connectivity index (χ1) is 14.6. The van der Waals surface area contributed by atoms with Gasteiger partial charge in [0.25, 0.3) is 5.91 Å². The van der Waals surface area contributed by atoms with Crippen LogP contribution in [0.25, 0.3) is 0 Å². The Morgan fingerprint density at radius 2 is 1.63 bits per heavy atom. The third-order valence-electron chi connectivity index (χ3n) is 4.76. The van der Waals surface area contributed by atoms with E-state index in [4.69, 9.17) is 9.47 Å². The highest BCUT2D eigenvalue weighted by Crippen LogP contribution is 2.16. The first-order valence-electron chi connectivity index (χ1n) is 10.9. The van der Waals surface area contributed by atoms with Crippen LogP contribution in [-0.2, 0) is 16.1 Å². The molecule has 0 spiro atoms. The summed E-state index contributed by atoms with van der Waals surface area (Å²) in [5.41, 5.74) is 1.59. The lowest BCUT2D eigenvalue weighted by atomic mass is 10.1. The number of carbonyl (C=O) groups is 2. The average molecular weight is 412 g/mol. The van der Waals surface area contributed by atoms with Gasteiger partial charge in [0.15, 0.2) is 0 Å². The lowest BCUT2D eigenvalue weighted by molar-refractivity contribution is -0.143. The molecule has 2 aromatic carbocycles. The molecule has 0 aliphatic rings. The summed E-state index contributed by atoms with van der Waals surface area (Å²) in [6.07, 6.45) is 4.80. The molecular formula is C25H33NO4. The summed E-state index contributed by atoms with van der Waals surface area (Å²) in [5.74, 6) is 0.358. The summed E-state index contributed by atoms with van der Waals surface area (Å²) in [5, 5.41) is 0. The zero-order valence-corrected chi connectivity index (χ0v) is 18.1. The molecule has 2 aromatic rings. The highest BCUT2D eigenvalue weighted by molar-refractivity contribution is 5.94. The zero-order valence-electron chi connectivity index (χ0n) is 18.1. The second kappa shape index (κ2) is 13.4. The number of rotatable bonds is 13. The molecule has 0 aliphatic heterocycles. The molecule has 0 heterocycles. The van der Waals surface area contributed by atoms with Crippen molar-refractivity contribution >= 4 is 11.9 Å². The molecule has 0 saturated carbocycles. The minimum absolute atomic E-state index is 0.113. The van der Waals surface area contributed by atoms with Gasteiger partial charge < -0.3 is 14.4 Å². The Kier molecular flexibility index (Phi) is 10.5. The van der Waals surface area contributed by atoms with E-state index in [-0.39, 0.29) is 18.3 Å². The van der Waals surface area contributed by atoms with Crippen molar-refractivity contribution in [2.45, 2.75) is 52.5 Å². The van der Waals surface area contributed by atoms with E-state index in [1.54, 1.807) is 24.0 Å². The van der Waals surface area contributed by atoms with E-state index < -0.39 is 0 Å². The van der Waals surface area contributed by atoms with Crippen LogP contribution in [0.4, 0.5) is 0 Å². The average Bonchev–Trinajstić information content (AvgIpc) is 2.77. The van der Waals surface area contributed by atoms with Crippen molar-refractivity contribution in [1.82, 2.24) is 4.90 Å². The highest BCUT2D eigenvalue weighted by Gasteiger charge is 2.18. The predicted octanol–water partition coefficient (Wildman–Crippen LogP) is 5.24. The van der Waals surface area contributed by atoms with Gasteiger partial charge in [0.05, 0.1) is 19.6 Å². The smallest absolute Gasteiger partial charge is 0.307 e. The molecule has 1 amide bonds. The Morgan fingerprint density at radius 3 is 2.30 bits per heavy atom. The number of unbranched alkanes of at least 4 members (excludes halogenated alkanes) is 3. The normalized spacial score (nSPS) is 10.5. The van der Waals surface area contributed by atoms with Crippen molar-refractivity contribution in [1.29, 1.82) is 0 Å². The monoisotopic (exact) mass is 411 g/mol. The van der Waals surface area contributed by atoms with Gasteiger partial charge in [-0.15, -0.1) is 0 Å². The van der Waals surface area contributed by atoms with Crippen LogP contribution in [0, 0.1) is 0 Å². The number of amides is 1. The number of nitrogens with zero attached hydrogens (tertiary/aromatic N) is 1. The summed E-state index contributed by atoms with van der Waals surface area (Å²) < 4.78 is 10.8. The molecule has 5 heteroatoms. The van der Waals surface area contributed by atoms with Crippen LogP contribution in [0.5, 0.6) is 5.75 Å². The molecule has 2 rings (SSSR count). The fourth-order valence-corrected chi connectivity index (χ4v) is 3.11. The van der Waals surface area contributed by atoms with Gasteiger partial charge in [0, 0.05) is 18.7 Å². The van der Waals surface area contributed by atoms with Gasteiger partial charge in [0.1, 0.15) is 5.75 Å². The summed E-state index contributed by atoms with van der Waals surface area (Å²) in [7, 11) is 0. The van der Waals surface area contributed by atoms with E-state index in [1.807, 2.05) is 42.5 Å². The molecule has 162 valence electrons. The molecular weight excluding hydrogens is 378 g/mol. The molecule has 0 fully saturated rings. The Balaban J connectivity index is 1.99. The van der Waals surface area contributed by atoms with Crippen LogP contribution in [0.3, 0.4) is 0 Å². The van der Waals surface area contributed by atoms with Gasteiger partial charge in [-0.2, -0.15) is 0 Å². The second-order valence-electron chi connectivity index (χ2n) is 7.20. The van der Waals surface area contributed by atoms with E-state index >= 15 is 0 Å². The van der Waals surface area contributed by atoms with Crippen LogP contribution in [-0.4, -0.2) is 36.5 Å². The maximum Gasteiger partial charge on any atom is 0.307 e. The van der Waals surface area contributed by atoms with Crippen molar-refractivity contribution in [2.75, 3.05) is 19.8 Å². The Morgan fingerprint density at radius 1 is 0.900 bits per heavy atom. The minimum atomic E-state index is -0.296. The lowest BCUT2D eigenvalue weighted by Crippen LogP contribution is -2.32. The maximum absolute atomic E-state index is 13.1. The van der Waals surface area contributed by atoms with E-state index in [0.717, 1.165) is 17.7 Å². The van der Waals surface area contributed by atoms with E-state index in [2.05, 4.69) is 6.92 Å². The first kappa shape index (κ1) is 23.5. The number of ether oxygens (including phenoxy) is 2. The summed E-state index contributed by atoms with van der Waals surface area (Å²) in [6, 6.07) is 17.0. The van der Waals surface area contributed by atoms with Gasteiger partial charge in [-0.3, -0.25) is 9.59 Å². The maximum atomic E-state index is 13.1. The molecule has 0 aliphatic carbocycles. The molecule has 0 radical (unpaired) electrons. The van der Waals surface area contributed by atoms with Gasteiger partial charge in [-0.05, 0) is 43.2 Å². The molecule has 0 atom stereocenters. The largest absolute Gasteiger partial charge is 0.494 e. The highest BCUT2D eigenvalue weighted by atomic mass is 16.5. The van der Waals surface area contributed by atoms with Gasteiger partial charge in [-0.1, -0.05) is 56.5 Å². The van der Waals surface area contributed by atoms with E-state index in [9.17, 15) is 9.59 Å². The fraction of sp³-hybridized carbons (Fsp3) is 0.440. The van der Waals surface area contributed by atoms with Crippen LogP contribution >= 0.6 is 0 Å². The second-order valence-corrected chi connectivity index (χ2v) is 7.20. The van der Waals surface area contributed by atoms with Gasteiger partial charge >= 0.3 is 5.97 Å². The third kappa shape index (κ3) is 8.27. The quantitative estimate of drug-likeness (QED) is 0.334. The molecule has 0 N–H and O–H groups in total. The lowest BCUT2D eigenvalue weighted by Gasteiger charge is -2.23. The number of hydrogen-bond donors (Lipinski definition) is 0. The summed E-state index contributed by atoms with van der Waals surface area (Å²) >= 11 is 0. The number of esters is 1. The van der Waals surface area contributed by atoms with E-state index in [0.29, 0.717) is 31.9 Å². The molecule has 30 heavy (non-hydrogen) atoms.